The summed E-state index contributed by atoms with van der Waals surface area (Å²) >= 11 is 0. The molecule has 1 aliphatic rings. The molecule has 0 bridgehead atoms. The molecule has 1 aromatic rings. The monoisotopic (exact) mass is 274 g/mol. The van der Waals surface area contributed by atoms with E-state index in [1.165, 1.54) is 44.5 Å². The maximum absolute atomic E-state index is 3.72. The van der Waals surface area contributed by atoms with E-state index < -0.39 is 0 Å². The Morgan fingerprint density at radius 1 is 1.20 bits per heavy atom. The fourth-order valence-electron chi connectivity index (χ4n) is 2.93. The average molecular weight is 274 g/mol. The van der Waals surface area contributed by atoms with Gasteiger partial charge in [0.2, 0.25) is 0 Å². The lowest BCUT2D eigenvalue weighted by Crippen LogP contribution is -2.46. The molecule has 2 heteroatoms. The van der Waals surface area contributed by atoms with Gasteiger partial charge in [-0.2, -0.15) is 0 Å². The lowest BCUT2D eigenvalue weighted by molar-refractivity contribution is 0.196. The molecule has 0 spiro atoms. The zero-order chi connectivity index (χ0) is 14.4. The third-order valence-electron chi connectivity index (χ3n) is 4.31. The molecule has 1 fully saturated rings. The molecule has 0 amide bonds. The van der Waals surface area contributed by atoms with Gasteiger partial charge in [-0.25, -0.2) is 0 Å². The summed E-state index contributed by atoms with van der Waals surface area (Å²) in [6, 6.07) is 11.5. The quantitative estimate of drug-likeness (QED) is 0.906. The molecule has 112 valence electrons. The summed E-state index contributed by atoms with van der Waals surface area (Å²) in [4.78, 5) is 2.65. The highest BCUT2D eigenvalue weighted by Gasteiger charge is 2.27. The van der Waals surface area contributed by atoms with Crippen LogP contribution in [0.2, 0.25) is 0 Å². The van der Waals surface area contributed by atoms with E-state index in [1.54, 1.807) is 0 Å². The Morgan fingerprint density at radius 3 is 2.65 bits per heavy atom. The minimum atomic E-state index is 0.349. The Kier molecular flexibility index (Phi) is 5.62. The van der Waals surface area contributed by atoms with Crippen LogP contribution in [0.15, 0.2) is 30.3 Å². The number of nitrogens with zero attached hydrogens (tertiary/aromatic N) is 1. The van der Waals surface area contributed by atoms with Gasteiger partial charge in [-0.15, -0.1) is 0 Å². The molecule has 0 saturated carbocycles. The van der Waals surface area contributed by atoms with E-state index >= 15 is 0 Å². The van der Waals surface area contributed by atoms with Crippen molar-refractivity contribution in [1.29, 1.82) is 0 Å². The lowest BCUT2D eigenvalue weighted by Gasteiger charge is -2.33. The Labute approximate surface area is 124 Å². The van der Waals surface area contributed by atoms with Gasteiger partial charge in [-0.1, -0.05) is 51.1 Å². The fraction of sp³-hybridized carbons (Fsp3) is 0.667. The fourth-order valence-corrected chi connectivity index (χ4v) is 2.93. The Hall–Kier alpha value is -0.860. The van der Waals surface area contributed by atoms with E-state index in [0.29, 0.717) is 11.5 Å². The molecule has 0 aromatic heterocycles. The highest BCUT2D eigenvalue weighted by Crippen LogP contribution is 2.21. The predicted octanol–water partition coefficient (Wildman–Crippen LogP) is 3.33. The minimum absolute atomic E-state index is 0.349. The van der Waals surface area contributed by atoms with E-state index in [4.69, 9.17) is 0 Å². The molecule has 0 radical (unpaired) electrons. The van der Waals surface area contributed by atoms with Crippen molar-refractivity contribution in [2.75, 3.05) is 26.2 Å². The molecule has 2 nitrogen and oxygen atoms in total. The van der Waals surface area contributed by atoms with Crippen LogP contribution in [0.4, 0.5) is 0 Å². The van der Waals surface area contributed by atoms with Crippen molar-refractivity contribution < 1.29 is 0 Å². The van der Waals surface area contributed by atoms with Gasteiger partial charge in [0, 0.05) is 12.6 Å². The average Bonchev–Trinajstić information content (AvgIpc) is 2.65. The molecule has 1 heterocycles. The van der Waals surface area contributed by atoms with E-state index in [2.05, 4.69) is 61.3 Å². The van der Waals surface area contributed by atoms with Gasteiger partial charge in [0.1, 0.15) is 0 Å². The molecule has 1 unspecified atom stereocenters. The molecule has 1 saturated heterocycles. The van der Waals surface area contributed by atoms with E-state index in [9.17, 15) is 0 Å². The van der Waals surface area contributed by atoms with Crippen molar-refractivity contribution in [3.63, 3.8) is 0 Å². The third-order valence-corrected chi connectivity index (χ3v) is 4.31. The third kappa shape index (κ3) is 4.92. The number of hydrogen-bond acceptors (Lipinski definition) is 2. The van der Waals surface area contributed by atoms with Crippen LogP contribution in [0.5, 0.6) is 0 Å². The molecular formula is C18H30N2. The predicted molar refractivity (Wildman–Crippen MR) is 87.1 cm³/mol. The summed E-state index contributed by atoms with van der Waals surface area (Å²) < 4.78 is 0. The zero-order valence-corrected chi connectivity index (χ0v) is 13.4. The van der Waals surface area contributed by atoms with Crippen LogP contribution in [-0.2, 0) is 6.42 Å². The molecule has 1 atom stereocenters. The van der Waals surface area contributed by atoms with E-state index in [1.807, 2.05) is 0 Å². The topological polar surface area (TPSA) is 15.3 Å². The molecule has 0 aliphatic carbocycles. The van der Waals surface area contributed by atoms with Gasteiger partial charge in [0.25, 0.3) is 0 Å². The first-order valence-corrected chi connectivity index (χ1v) is 8.05. The summed E-state index contributed by atoms with van der Waals surface area (Å²) in [5.74, 6) is 0. The molecule has 1 aliphatic heterocycles. The normalized spacial score (nSPS) is 21.6. The molecule has 1 N–H and O–H groups in total. The van der Waals surface area contributed by atoms with Gasteiger partial charge in [0.05, 0.1) is 0 Å². The standard InChI is InChI=1S/C18H30N2/c1-18(2,3)17-15-20(14-8-12-19-17)13-7-11-16-9-5-4-6-10-16/h4-6,9-10,17,19H,7-8,11-15H2,1-3H3. The van der Waals surface area contributed by atoms with Crippen molar-refractivity contribution in [1.82, 2.24) is 10.2 Å². The van der Waals surface area contributed by atoms with E-state index in [0.717, 1.165) is 6.54 Å². The number of rotatable bonds is 4. The van der Waals surface area contributed by atoms with Crippen molar-refractivity contribution in [3.8, 4) is 0 Å². The van der Waals surface area contributed by atoms with Crippen molar-refractivity contribution >= 4 is 0 Å². The first kappa shape index (κ1) is 15.5. The minimum Gasteiger partial charge on any atom is -0.312 e. The first-order chi connectivity index (χ1) is 9.55. The number of nitrogens with one attached hydrogen (secondary N) is 1. The van der Waals surface area contributed by atoms with Crippen LogP contribution < -0.4 is 5.32 Å². The zero-order valence-electron chi connectivity index (χ0n) is 13.4. The number of benzene rings is 1. The maximum Gasteiger partial charge on any atom is 0.0243 e. The highest BCUT2D eigenvalue weighted by atomic mass is 15.2. The van der Waals surface area contributed by atoms with Crippen LogP contribution in [0.3, 0.4) is 0 Å². The molecular weight excluding hydrogens is 244 g/mol. The first-order valence-electron chi connectivity index (χ1n) is 8.05. The van der Waals surface area contributed by atoms with Crippen molar-refractivity contribution in [2.24, 2.45) is 5.41 Å². The summed E-state index contributed by atoms with van der Waals surface area (Å²) in [6.07, 6.45) is 3.74. The summed E-state index contributed by atoms with van der Waals surface area (Å²) in [7, 11) is 0. The second-order valence-corrected chi connectivity index (χ2v) is 7.12. The lowest BCUT2D eigenvalue weighted by atomic mass is 9.86. The second kappa shape index (κ2) is 7.24. The largest absolute Gasteiger partial charge is 0.312 e. The summed E-state index contributed by atoms with van der Waals surface area (Å²) in [5.41, 5.74) is 1.81. The summed E-state index contributed by atoms with van der Waals surface area (Å²) in [5, 5.41) is 3.72. The Bertz CT molecular complexity index is 380. The van der Waals surface area contributed by atoms with Crippen LogP contribution in [-0.4, -0.2) is 37.1 Å². The number of aryl methyl sites for hydroxylation is 1. The maximum atomic E-state index is 3.72. The molecule has 2 rings (SSSR count). The van der Waals surface area contributed by atoms with Crippen LogP contribution in [0.25, 0.3) is 0 Å². The van der Waals surface area contributed by atoms with Crippen molar-refractivity contribution in [2.45, 2.75) is 46.1 Å². The molecule has 1 aromatic carbocycles. The Balaban J connectivity index is 1.79. The highest BCUT2D eigenvalue weighted by molar-refractivity contribution is 5.14. The van der Waals surface area contributed by atoms with Crippen molar-refractivity contribution in [3.05, 3.63) is 35.9 Å². The van der Waals surface area contributed by atoms with Gasteiger partial charge >= 0.3 is 0 Å². The Morgan fingerprint density at radius 2 is 1.95 bits per heavy atom. The van der Waals surface area contributed by atoms with E-state index in [-0.39, 0.29) is 0 Å². The van der Waals surface area contributed by atoms with Crippen LogP contribution in [0, 0.1) is 5.41 Å². The smallest absolute Gasteiger partial charge is 0.0243 e. The molecule has 20 heavy (non-hydrogen) atoms. The second-order valence-electron chi connectivity index (χ2n) is 7.12. The SMILES string of the molecule is CC(C)(C)C1CN(CCCc2ccccc2)CCCN1. The number of hydrogen-bond donors (Lipinski definition) is 1. The van der Waals surface area contributed by atoms with Gasteiger partial charge in [0.15, 0.2) is 0 Å². The van der Waals surface area contributed by atoms with Crippen LogP contribution >= 0.6 is 0 Å². The van der Waals surface area contributed by atoms with Gasteiger partial charge in [-0.3, -0.25) is 0 Å². The van der Waals surface area contributed by atoms with Gasteiger partial charge < -0.3 is 10.2 Å². The summed E-state index contributed by atoms with van der Waals surface area (Å²) in [6.45, 7) is 11.9. The van der Waals surface area contributed by atoms with Gasteiger partial charge in [-0.05, 0) is 49.9 Å². The van der Waals surface area contributed by atoms with Crippen LogP contribution in [0.1, 0.15) is 39.2 Å².